The Bertz CT molecular complexity index is 1690. The van der Waals surface area contributed by atoms with Crippen LogP contribution in [0.15, 0.2) is 12.4 Å². The number of nitrogens with two attached hydrogens (primary N) is 1. The number of anilines is 2. The number of hydrogen-bond donors (Lipinski definition) is 2. The lowest BCUT2D eigenvalue weighted by atomic mass is 9.94. The molecule has 1 saturated carbocycles. The first-order chi connectivity index (χ1) is 18.3. The number of halogens is 2. The summed E-state index contributed by atoms with van der Waals surface area (Å²) < 4.78 is 37.1. The molecule has 3 aliphatic rings. The van der Waals surface area contributed by atoms with Crippen LogP contribution < -0.4 is 16.0 Å². The summed E-state index contributed by atoms with van der Waals surface area (Å²) >= 11 is 0.958. The van der Waals surface area contributed by atoms with Crippen LogP contribution in [0.25, 0.3) is 32.2 Å². The average Bonchev–Trinajstić information content (AvgIpc) is 3.22. The first-order valence-corrected chi connectivity index (χ1v) is 13.5. The first-order valence-electron chi connectivity index (χ1n) is 12.7. The Hall–Kier alpha value is -3.46. The van der Waals surface area contributed by atoms with Crippen molar-refractivity contribution in [3.05, 3.63) is 40.7 Å². The van der Waals surface area contributed by atoms with Crippen LogP contribution in [0, 0.1) is 23.0 Å². The van der Waals surface area contributed by atoms with Gasteiger partial charge in [0, 0.05) is 46.7 Å². The van der Waals surface area contributed by atoms with E-state index in [0.29, 0.717) is 22.9 Å². The standard InChI is InChI=1S/C27H25F2N7OS/c1-12-18(35-27(2)4-5-27)3-6-36(12)26-33-8-14-15-10-37-11-16(15)19(21(29)22(14)34-26)23-20-13(7-30)25(31)38-24(20)17(28)9-32-23/h8-9,12,18,35H,3-6,10-11,31H2,1-2H3/t12-,18-/m0/s1. The highest BCUT2D eigenvalue weighted by Crippen LogP contribution is 2.45. The van der Waals surface area contributed by atoms with E-state index in [-0.39, 0.29) is 62.2 Å². The number of fused-ring (bicyclic) bond motifs is 4. The lowest BCUT2D eigenvalue weighted by molar-refractivity contribution is 0.135. The van der Waals surface area contributed by atoms with Crippen molar-refractivity contribution < 1.29 is 13.5 Å². The van der Waals surface area contributed by atoms with Gasteiger partial charge in [0.15, 0.2) is 11.6 Å². The minimum absolute atomic E-state index is 0.0938. The van der Waals surface area contributed by atoms with Crippen LogP contribution in [0.2, 0.25) is 0 Å². The zero-order valence-corrected chi connectivity index (χ0v) is 21.8. The molecule has 0 radical (unpaired) electrons. The van der Waals surface area contributed by atoms with Crippen molar-refractivity contribution in [2.45, 2.75) is 63.9 Å². The summed E-state index contributed by atoms with van der Waals surface area (Å²) in [6, 6.07) is 2.50. The number of hydrogen-bond acceptors (Lipinski definition) is 9. The van der Waals surface area contributed by atoms with Gasteiger partial charge in [0.2, 0.25) is 5.95 Å². The van der Waals surface area contributed by atoms with Crippen molar-refractivity contribution in [3.8, 4) is 17.3 Å². The van der Waals surface area contributed by atoms with Crippen molar-refractivity contribution in [1.82, 2.24) is 20.3 Å². The molecule has 0 amide bonds. The van der Waals surface area contributed by atoms with Crippen molar-refractivity contribution in [2.75, 3.05) is 17.2 Å². The number of nitrogens with one attached hydrogen (secondary N) is 1. The number of pyridine rings is 1. The van der Waals surface area contributed by atoms with Crippen molar-refractivity contribution >= 4 is 43.3 Å². The molecular formula is C27H25F2N7OS. The number of nitrogens with zero attached hydrogens (tertiary/aromatic N) is 5. The van der Waals surface area contributed by atoms with E-state index in [1.807, 2.05) is 6.07 Å². The first kappa shape index (κ1) is 23.6. The Kier molecular flexibility index (Phi) is 5.14. The minimum atomic E-state index is -0.605. The third-order valence-electron chi connectivity index (χ3n) is 8.28. The fourth-order valence-corrected chi connectivity index (χ4v) is 6.79. The number of rotatable bonds is 4. The summed E-state index contributed by atoms with van der Waals surface area (Å²) in [6.07, 6.45) is 6.03. The SMILES string of the molecule is C[C@H]1[C@@H](NC2(C)CC2)CCN1c1ncc2c3c(c(-c4ncc(F)c5sc(N)c(C#N)c45)c(F)c2n1)COC3. The van der Waals surface area contributed by atoms with E-state index in [9.17, 15) is 9.65 Å². The fourth-order valence-electron chi connectivity index (χ4n) is 5.87. The summed E-state index contributed by atoms with van der Waals surface area (Å²) in [5.41, 5.74) is 8.22. The maximum Gasteiger partial charge on any atom is 0.226 e. The molecule has 194 valence electrons. The molecule has 0 unspecified atom stereocenters. The second-order valence-corrected chi connectivity index (χ2v) is 11.8. The Morgan fingerprint density at radius 3 is 2.79 bits per heavy atom. The quantitative estimate of drug-likeness (QED) is 0.386. The van der Waals surface area contributed by atoms with Crippen molar-refractivity contribution in [2.24, 2.45) is 0 Å². The van der Waals surface area contributed by atoms with Gasteiger partial charge in [-0.25, -0.2) is 18.7 Å². The van der Waals surface area contributed by atoms with E-state index in [4.69, 9.17) is 15.5 Å². The average molecular weight is 534 g/mol. The Morgan fingerprint density at radius 2 is 2.03 bits per heavy atom. The van der Waals surface area contributed by atoms with Crippen LogP contribution in [-0.4, -0.2) is 39.1 Å². The molecular weight excluding hydrogens is 508 g/mol. The van der Waals surface area contributed by atoms with Gasteiger partial charge in [-0.05, 0) is 44.2 Å². The maximum atomic E-state index is 16.5. The fraction of sp³-hybridized carbons (Fsp3) is 0.407. The minimum Gasteiger partial charge on any atom is -0.389 e. The number of aromatic nitrogens is 3. The molecule has 2 aliphatic heterocycles. The largest absolute Gasteiger partial charge is 0.389 e. The zero-order chi connectivity index (χ0) is 26.3. The lowest BCUT2D eigenvalue weighted by Gasteiger charge is -2.27. The van der Waals surface area contributed by atoms with Gasteiger partial charge in [0.25, 0.3) is 0 Å². The van der Waals surface area contributed by atoms with Gasteiger partial charge in [-0.1, -0.05) is 0 Å². The number of thiophene rings is 1. The lowest BCUT2D eigenvalue weighted by Crippen LogP contribution is -2.45. The molecule has 2 atom stereocenters. The van der Waals surface area contributed by atoms with E-state index in [1.54, 1.807) is 6.20 Å². The summed E-state index contributed by atoms with van der Waals surface area (Å²) in [6.45, 7) is 5.59. The number of nitrogen functional groups attached to an aromatic ring is 1. The molecule has 3 N–H and O–H groups in total. The third kappa shape index (κ3) is 3.40. The predicted molar refractivity (Wildman–Crippen MR) is 142 cm³/mol. The van der Waals surface area contributed by atoms with E-state index in [2.05, 4.69) is 34.0 Å². The van der Waals surface area contributed by atoms with E-state index in [0.717, 1.165) is 36.1 Å². The molecule has 0 bridgehead atoms. The molecule has 1 saturated heterocycles. The molecule has 2 fully saturated rings. The normalized spacial score (nSPS) is 21.8. The Labute approximate surface area is 221 Å². The molecule has 11 heteroatoms. The van der Waals surface area contributed by atoms with Crippen LogP contribution in [0.3, 0.4) is 0 Å². The molecule has 8 nitrogen and oxygen atoms in total. The van der Waals surface area contributed by atoms with Crippen LogP contribution in [0.4, 0.5) is 19.7 Å². The van der Waals surface area contributed by atoms with Gasteiger partial charge in [-0.2, -0.15) is 5.26 Å². The Balaban J connectivity index is 1.40. The van der Waals surface area contributed by atoms with E-state index in [1.165, 1.54) is 12.8 Å². The van der Waals surface area contributed by atoms with Crippen LogP contribution in [0.5, 0.6) is 0 Å². The summed E-state index contributed by atoms with van der Waals surface area (Å²) in [5, 5.41) is 14.5. The predicted octanol–water partition coefficient (Wildman–Crippen LogP) is 4.78. The zero-order valence-electron chi connectivity index (χ0n) is 20.9. The summed E-state index contributed by atoms with van der Waals surface area (Å²) in [5.74, 6) is -0.727. The van der Waals surface area contributed by atoms with Crippen LogP contribution in [0.1, 0.15) is 49.8 Å². The van der Waals surface area contributed by atoms with Gasteiger partial charge in [-0.3, -0.25) is 4.98 Å². The molecule has 5 heterocycles. The third-order valence-corrected chi connectivity index (χ3v) is 9.31. The maximum absolute atomic E-state index is 16.5. The molecule has 38 heavy (non-hydrogen) atoms. The van der Waals surface area contributed by atoms with Crippen LogP contribution >= 0.6 is 11.3 Å². The van der Waals surface area contributed by atoms with E-state index < -0.39 is 11.6 Å². The number of ether oxygens (including phenoxy) is 1. The highest BCUT2D eigenvalue weighted by molar-refractivity contribution is 7.23. The van der Waals surface area contributed by atoms with Gasteiger partial charge in [0.05, 0.1) is 35.4 Å². The molecule has 0 spiro atoms. The number of benzene rings is 1. The highest BCUT2D eigenvalue weighted by atomic mass is 32.1. The van der Waals surface area contributed by atoms with Gasteiger partial charge in [-0.15, -0.1) is 11.3 Å². The highest BCUT2D eigenvalue weighted by Gasteiger charge is 2.43. The molecule has 1 aromatic carbocycles. The smallest absolute Gasteiger partial charge is 0.226 e. The summed E-state index contributed by atoms with van der Waals surface area (Å²) in [4.78, 5) is 15.8. The molecule has 4 aromatic rings. The molecule has 1 aliphatic carbocycles. The topological polar surface area (TPSA) is 113 Å². The second kappa shape index (κ2) is 8.27. The second-order valence-electron chi connectivity index (χ2n) is 10.7. The van der Waals surface area contributed by atoms with Crippen LogP contribution in [-0.2, 0) is 18.0 Å². The summed E-state index contributed by atoms with van der Waals surface area (Å²) in [7, 11) is 0. The molecule has 7 rings (SSSR count). The van der Waals surface area contributed by atoms with Crippen molar-refractivity contribution in [3.63, 3.8) is 0 Å². The Morgan fingerprint density at radius 1 is 1.24 bits per heavy atom. The van der Waals surface area contributed by atoms with Crippen molar-refractivity contribution in [1.29, 1.82) is 5.26 Å². The monoisotopic (exact) mass is 533 g/mol. The molecule has 3 aromatic heterocycles. The van der Waals surface area contributed by atoms with Gasteiger partial charge in [0.1, 0.15) is 16.6 Å². The van der Waals surface area contributed by atoms with Gasteiger partial charge >= 0.3 is 0 Å². The number of nitriles is 1. The van der Waals surface area contributed by atoms with Gasteiger partial charge < -0.3 is 20.7 Å². The van der Waals surface area contributed by atoms with E-state index >= 15 is 4.39 Å².